The van der Waals surface area contributed by atoms with Crippen molar-refractivity contribution >= 4 is 0 Å². The second-order valence-electron chi connectivity index (χ2n) is 1.77. The summed E-state index contributed by atoms with van der Waals surface area (Å²) in [6.07, 6.45) is 0. The van der Waals surface area contributed by atoms with Crippen LogP contribution in [0, 0.1) is 11.3 Å². The maximum Gasteiger partial charge on any atom is 0.110 e. The first kappa shape index (κ1) is 5.54. The van der Waals surface area contributed by atoms with Crippen molar-refractivity contribution in [3.63, 3.8) is 0 Å². The highest BCUT2D eigenvalue weighted by Crippen LogP contribution is 1.83. The number of rotatable bonds is 0. The molecule has 3 nitrogen and oxygen atoms in total. The number of nitriles is 1. The van der Waals surface area contributed by atoms with Crippen LogP contribution < -0.4 is 10.6 Å². The Balaban J connectivity index is 2.25. The van der Waals surface area contributed by atoms with Crippen LogP contribution >= 0.6 is 0 Å². The summed E-state index contributed by atoms with van der Waals surface area (Å²) in [5.74, 6) is 0. The lowest BCUT2D eigenvalue weighted by molar-refractivity contribution is 0.470. The van der Waals surface area contributed by atoms with Gasteiger partial charge in [0.2, 0.25) is 0 Å². The lowest BCUT2D eigenvalue weighted by atomic mass is 10.3. The molecule has 1 radical (unpaired) electrons. The van der Waals surface area contributed by atoms with Gasteiger partial charge in [-0.2, -0.15) is 5.26 Å². The summed E-state index contributed by atoms with van der Waals surface area (Å²) in [5, 5.41) is 15.4. The highest BCUT2D eigenvalue weighted by molar-refractivity contribution is 4.93. The van der Waals surface area contributed by atoms with E-state index in [2.05, 4.69) is 16.7 Å². The number of hydrogen-bond acceptors (Lipinski definition) is 2. The van der Waals surface area contributed by atoms with E-state index < -0.39 is 0 Å². The molecule has 0 spiro atoms. The molecule has 0 aromatic heterocycles. The van der Waals surface area contributed by atoms with E-state index in [-0.39, 0.29) is 6.04 Å². The Bertz CT molecular complexity index is 98.7. The van der Waals surface area contributed by atoms with Gasteiger partial charge in [-0.3, -0.25) is 5.32 Å². The van der Waals surface area contributed by atoms with E-state index in [1.807, 2.05) is 0 Å². The fourth-order valence-electron chi connectivity index (χ4n) is 0.689. The Morgan fingerprint density at radius 3 is 3.00 bits per heavy atom. The predicted octanol–water partition coefficient (Wildman–Crippen LogP) is -0.914. The minimum absolute atomic E-state index is 0.0243. The molecule has 3 heteroatoms. The molecule has 8 heavy (non-hydrogen) atoms. The SMILES string of the molecule is N#CC1C[N]CCN1. The highest BCUT2D eigenvalue weighted by Gasteiger charge is 2.09. The minimum Gasteiger partial charge on any atom is -0.299 e. The van der Waals surface area contributed by atoms with Gasteiger partial charge in [0.15, 0.2) is 0 Å². The van der Waals surface area contributed by atoms with Gasteiger partial charge in [0, 0.05) is 19.6 Å². The second-order valence-corrected chi connectivity index (χ2v) is 1.77. The van der Waals surface area contributed by atoms with Gasteiger partial charge in [-0.05, 0) is 0 Å². The first-order chi connectivity index (χ1) is 3.93. The molecule has 1 N–H and O–H groups in total. The van der Waals surface area contributed by atoms with Gasteiger partial charge in [0.1, 0.15) is 6.04 Å². The molecule has 0 aliphatic carbocycles. The Kier molecular flexibility index (Phi) is 1.84. The summed E-state index contributed by atoms with van der Waals surface area (Å²) >= 11 is 0. The van der Waals surface area contributed by atoms with Gasteiger partial charge in [-0.1, -0.05) is 0 Å². The van der Waals surface area contributed by atoms with Crippen molar-refractivity contribution in [2.24, 2.45) is 0 Å². The van der Waals surface area contributed by atoms with Crippen LogP contribution in [0.2, 0.25) is 0 Å². The van der Waals surface area contributed by atoms with Crippen LogP contribution in [0.1, 0.15) is 0 Å². The molecule has 0 saturated carbocycles. The quantitative estimate of drug-likeness (QED) is 0.438. The number of nitrogens with zero attached hydrogens (tertiary/aromatic N) is 2. The monoisotopic (exact) mass is 110 g/mol. The first-order valence-corrected chi connectivity index (χ1v) is 2.70. The normalized spacial score (nSPS) is 29.1. The van der Waals surface area contributed by atoms with Crippen molar-refractivity contribution in [1.82, 2.24) is 10.6 Å². The minimum atomic E-state index is -0.0243. The van der Waals surface area contributed by atoms with Crippen LogP contribution in [-0.2, 0) is 0 Å². The maximum absolute atomic E-state index is 8.32. The average Bonchev–Trinajstić information content (AvgIpc) is 1.90. The summed E-state index contributed by atoms with van der Waals surface area (Å²) in [6.45, 7) is 2.38. The molecule has 0 aromatic carbocycles. The van der Waals surface area contributed by atoms with E-state index in [1.165, 1.54) is 0 Å². The summed E-state index contributed by atoms with van der Waals surface area (Å²) in [5.41, 5.74) is 0. The Morgan fingerprint density at radius 2 is 2.62 bits per heavy atom. The Labute approximate surface area is 48.7 Å². The first-order valence-electron chi connectivity index (χ1n) is 2.70. The lowest BCUT2D eigenvalue weighted by Crippen LogP contribution is -2.44. The number of piperazine rings is 1. The van der Waals surface area contributed by atoms with Crippen LogP contribution in [-0.4, -0.2) is 25.7 Å². The fourth-order valence-corrected chi connectivity index (χ4v) is 0.689. The topological polar surface area (TPSA) is 49.9 Å². The van der Waals surface area contributed by atoms with Crippen LogP contribution in [0.15, 0.2) is 0 Å². The summed E-state index contributed by atoms with van der Waals surface area (Å²) in [7, 11) is 0. The molecule has 1 fully saturated rings. The van der Waals surface area contributed by atoms with E-state index in [9.17, 15) is 0 Å². The molecule has 1 saturated heterocycles. The van der Waals surface area contributed by atoms with Crippen LogP contribution in [0.5, 0.6) is 0 Å². The molecule has 1 aliphatic heterocycles. The van der Waals surface area contributed by atoms with E-state index in [4.69, 9.17) is 5.26 Å². The van der Waals surface area contributed by atoms with Gasteiger partial charge in [-0.25, -0.2) is 5.32 Å². The molecule has 0 aromatic rings. The van der Waals surface area contributed by atoms with Gasteiger partial charge in [0.25, 0.3) is 0 Å². The smallest absolute Gasteiger partial charge is 0.110 e. The molecule has 1 aliphatic rings. The van der Waals surface area contributed by atoms with E-state index >= 15 is 0 Å². The highest BCUT2D eigenvalue weighted by atomic mass is 15.0. The molecule has 43 valence electrons. The van der Waals surface area contributed by atoms with Crippen molar-refractivity contribution < 1.29 is 0 Å². The standard InChI is InChI=1S/C5H8N3/c6-3-5-4-7-1-2-8-5/h5,8H,1-2,4H2. The van der Waals surface area contributed by atoms with Crippen molar-refractivity contribution in [3.05, 3.63) is 0 Å². The fraction of sp³-hybridized carbons (Fsp3) is 0.800. The van der Waals surface area contributed by atoms with Gasteiger partial charge in [0.05, 0.1) is 6.07 Å². The van der Waals surface area contributed by atoms with Gasteiger partial charge >= 0.3 is 0 Å². The zero-order valence-corrected chi connectivity index (χ0v) is 4.59. The zero-order valence-electron chi connectivity index (χ0n) is 4.59. The van der Waals surface area contributed by atoms with Crippen LogP contribution in [0.3, 0.4) is 0 Å². The van der Waals surface area contributed by atoms with Crippen molar-refractivity contribution in [2.45, 2.75) is 6.04 Å². The molecule has 0 amide bonds. The lowest BCUT2D eigenvalue weighted by Gasteiger charge is -2.15. The van der Waals surface area contributed by atoms with Crippen LogP contribution in [0.25, 0.3) is 0 Å². The van der Waals surface area contributed by atoms with Crippen LogP contribution in [0.4, 0.5) is 0 Å². The second kappa shape index (κ2) is 2.65. The molecule has 1 atom stereocenters. The predicted molar refractivity (Wildman–Crippen MR) is 29.3 cm³/mol. The third-order valence-corrected chi connectivity index (χ3v) is 1.13. The Hall–Kier alpha value is -0.590. The molecule has 1 heterocycles. The van der Waals surface area contributed by atoms with E-state index in [0.29, 0.717) is 6.54 Å². The van der Waals surface area contributed by atoms with E-state index in [1.54, 1.807) is 0 Å². The maximum atomic E-state index is 8.32. The summed E-state index contributed by atoms with van der Waals surface area (Å²) in [6, 6.07) is 2.07. The summed E-state index contributed by atoms with van der Waals surface area (Å²) in [4.78, 5) is 0. The third kappa shape index (κ3) is 1.19. The molecule has 1 unspecified atom stereocenters. The van der Waals surface area contributed by atoms with Crippen molar-refractivity contribution in [1.29, 1.82) is 5.26 Å². The van der Waals surface area contributed by atoms with Crippen molar-refractivity contribution in [2.75, 3.05) is 19.6 Å². The Morgan fingerprint density at radius 1 is 1.75 bits per heavy atom. The third-order valence-electron chi connectivity index (χ3n) is 1.13. The zero-order chi connectivity index (χ0) is 5.82. The van der Waals surface area contributed by atoms with Gasteiger partial charge < -0.3 is 0 Å². The largest absolute Gasteiger partial charge is 0.299 e. The number of hydrogen-bond donors (Lipinski definition) is 1. The van der Waals surface area contributed by atoms with E-state index in [0.717, 1.165) is 13.1 Å². The molecule has 1 rings (SSSR count). The number of nitrogens with one attached hydrogen (secondary N) is 1. The average molecular weight is 110 g/mol. The molecular weight excluding hydrogens is 102 g/mol. The molecule has 0 bridgehead atoms. The van der Waals surface area contributed by atoms with Crippen molar-refractivity contribution in [3.8, 4) is 6.07 Å². The van der Waals surface area contributed by atoms with Gasteiger partial charge in [-0.15, -0.1) is 0 Å². The summed E-state index contributed by atoms with van der Waals surface area (Å²) < 4.78 is 0. The molecular formula is C5H8N3.